The minimum Gasteiger partial charge on any atom is -0.351 e. The Labute approximate surface area is 173 Å². The molecule has 9 heteroatoms. The summed E-state index contributed by atoms with van der Waals surface area (Å²) in [6.07, 6.45) is 3.98. The lowest BCUT2D eigenvalue weighted by Crippen LogP contribution is -2.43. The van der Waals surface area contributed by atoms with Gasteiger partial charge in [0.1, 0.15) is 5.82 Å². The summed E-state index contributed by atoms with van der Waals surface area (Å²) in [4.78, 5) is 30.0. The third kappa shape index (κ3) is 3.43. The van der Waals surface area contributed by atoms with Crippen molar-refractivity contribution in [3.05, 3.63) is 56.0 Å². The average molecular weight is 414 g/mol. The minimum atomic E-state index is -0.444. The van der Waals surface area contributed by atoms with E-state index in [0.717, 1.165) is 41.4 Å². The van der Waals surface area contributed by atoms with E-state index in [4.69, 9.17) is 5.73 Å². The first-order valence-corrected chi connectivity index (χ1v) is 10.2. The molecule has 1 saturated carbocycles. The van der Waals surface area contributed by atoms with Crippen LogP contribution in [-0.2, 0) is 20.6 Å². The zero-order valence-electron chi connectivity index (χ0n) is 17.5. The highest BCUT2D eigenvalue weighted by Gasteiger charge is 2.26. The molecule has 1 aliphatic carbocycles. The number of imidazole rings is 1. The maximum Gasteiger partial charge on any atom is 0.332 e. The Morgan fingerprint density at radius 2 is 1.93 bits per heavy atom. The fourth-order valence-corrected chi connectivity index (χ4v) is 4.20. The van der Waals surface area contributed by atoms with Gasteiger partial charge < -0.3 is 11.1 Å². The second kappa shape index (κ2) is 7.71. The lowest BCUT2D eigenvalue weighted by Gasteiger charge is -2.29. The predicted molar refractivity (Wildman–Crippen MR) is 114 cm³/mol. The SMILES string of the molecule is Cc1ccc(F)cc1Cn1c(N[C@H]2CCCC[C@H]2N)nc2c1c(=O)n(C)c(=O)n2C. The van der Waals surface area contributed by atoms with Crippen molar-refractivity contribution in [2.24, 2.45) is 19.8 Å². The fraction of sp³-hybridized carbons (Fsp3) is 0.476. The molecule has 4 rings (SSSR count). The number of halogens is 1. The van der Waals surface area contributed by atoms with Crippen LogP contribution in [0.2, 0.25) is 0 Å². The third-order valence-corrected chi connectivity index (χ3v) is 6.12. The highest BCUT2D eigenvalue weighted by molar-refractivity contribution is 5.74. The molecule has 2 heterocycles. The summed E-state index contributed by atoms with van der Waals surface area (Å²) in [6, 6.07) is 4.58. The maximum atomic E-state index is 13.9. The number of nitrogens with zero attached hydrogens (tertiary/aromatic N) is 4. The van der Waals surface area contributed by atoms with Crippen molar-refractivity contribution in [3.63, 3.8) is 0 Å². The minimum absolute atomic E-state index is 0.0174. The third-order valence-electron chi connectivity index (χ3n) is 6.12. The van der Waals surface area contributed by atoms with Crippen molar-refractivity contribution in [2.75, 3.05) is 5.32 Å². The van der Waals surface area contributed by atoms with Gasteiger partial charge in [-0.25, -0.2) is 9.18 Å². The van der Waals surface area contributed by atoms with E-state index in [9.17, 15) is 14.0 Å². The molecular formula is C21H27FN6O2. The van der Waals surface area contributed by atoms with Crippen molar-refractivity contribution in [3.8, 4) is 0 Å². The molecular weight excluding hydrogens is 387 g/mol. The van der Waals surface area contributed by atoms with Gasteiger partial charge in [0.15, 0.2) is 11.2 Å². The van der Waals surface area contributed by atoms with Gasteiger partial charge in [-0.15, -0.1) is 0 Å². The van der Waals surface area contributed by atoms with Crippen LogP contribution < -0.4 is 22.3 Å². The van der Waals surface area contributed by atoms with Gasteiger partial charge in [0, 0.05) is 26.2 Å². The van der Waals surface area contributed by atoms with Gasteiger partial charge in [0.2, 0.25) is 5.95 Å². The summed E-state index contributed by atoms with van der Waals surface area (Å²) < 4.78 is 18.1. The number of hydrogen-bond acceptors (Lipinski definition) is 5. The van der Waals surface area contributed by atoms with Crippen LogP contribution >= 0.6 is 0 Å². The van der Waals surface area contributed by atoms with Gasteiger partial charge in [-0.2, -0.15) is 4.98 Å². The van der Waals surface area contributed by atoms with Gasteiger partial charge in [-0.3, -0.25) is 18.5 Å². The standard InChI is InChI=1S/C21H27FN6O2/c1-12-8-9-14(22)10-13(12)11-28-17-18(26(2)21(30)27(3)19(17)29)25-20(28)24-16-7-5-4-6-15(16)23/h8-10,15-16H,4-7,11,23H2,1-3H3,(H,24,25)/t15-,16+/m1/s1. The first-order valence-electron chi connectivity index (χ1n) is 10.2. The molecule has 3 aromatic rings. The fourth-order valence-electron chi connectivity index (χ4n) is 4.20. The molecule has 0 spiro atoms. The Morgan fingerprint density at radius 1 is 1.20 bits per heavy atom. The summed E-state index contributed by atoms with van der Waals surface area (Å²) in [5.41, 5.74) is 7.66. The Morgan fingerprint density at radius 3 is 2.67 bits per heavy atom. The second-order valence-corrected chi connectivity index (χ2v) is 8.17. The van der Waals surface area contributed by atoms with E-state index in [-0.39, 0.29) is 24.4 Å². The number of aryl methyl sites for hydroxylation is 2. The summed E-state index contributed by atoms with van der Waals surface area (Å²) >= 11 is 0. The first-order chi connectivity index (χ1) is 14.3. The normalized spacial score (nSPS) is 19.4. The molecule has 0 radical (unpaired) electrons. The molecule has 2 atom stereocenters. The van der Waals surface area contributed by atoms with Crippen molar-refractivity contribution in [2.45, 2.75) is 51.2 Å². The molecule has 1 aromatic carbocycles. The smallest absolute Gasteiger partial charge is 0.332 e. The van der Waals surface area contributed by atoms with E-state index in [1.54, 1.807) is 17.7 Å². The number of benzene rings is 1. The van der Waals surface area contributed by atoms with E-state index in [1.807, 2.05) is 6.92 Å². The van der Waals surface area contributed by atoms with Crippen LogP contribution in [0.1, 0.15) is 36.8 Å². The summed E-state index contributed by atoms with van der Waals surface area (Å²) in [6.45, 7) is 2.14. The van der Waals surface area contributed by atoms with Crippen LogP contribution in [0.3, 0.4) is 0 Å². The number of aromatic nitrogens is 4. The highest BCUT2D eigenvalue weighted by Crippen LogP contribution is 2.24. The second-order valence-electron chi connectivity index (χ2n) is 8.17. The summed E-state index contributed by atoms with van der Waals surface area (Å²) in [5.74, 6) is 0.124. The zero-order valence-corrected chi connectivity index (χ0v) is 17.5. The molecule has 2 aromatic heterocycles. The first kappa shape index (κ1) is 20.3. The molecule has 0 bridgehead atoms. The van der Waals surface area contributed by atoms with Crippen molar-refractivity contribution < 1.29 is 4.39 Å². The number of fused-ring (bicyclic) bond motifs is 1. The van der Waals surface area contributed by atoms with Crippen molar-refractivity contribution in [1.82, 2.24) is 18.7 Å². The van der Waals surface area contributed by atoms with Gasteiger partial charge >= 0.3 is 5.69 Å². The van der Waals surface area contributed by atoms with Gasteiger partial charge in [0.05, 0.1) is 6.54 Å². The molecule has 1 fully saturated rings. The monoisotopic (exact) mass is 414 g/mol. The van der Waals surface area contributed by atoms with Crippen LogP contribution in [0.25, 0.3) is 11.2 Å². The molecule has 160 valence electrons. The van der Waals surface area contributed by atoms with Crippen molar-refractivity contribution in [1.29, 1.82) is 0 Å². The number of rotatable bonds is 4. The molecule has 0 aliphatic heterocycles. The van der Waals surface area contributed by atoms with Crippen LogP contribution in [0.5, 0.6) is 0 Å². The topological polar surface area (TPSA) is 99.9 Å². The Bertz CT molecular complexity index is 1220. The van der Waals surface area contributed by atoms with E-state index in [1.165, 1.54) is 23.7 Å². The number of nitrogens with one attached hydrogen (secondary N) is 1. The van der Waals surface area contributed by atoms with Crippen molar-refractivity contribution >= 4 is 17.1 Å². The Kier molecular flexibility index (Phi) is 5.23. The molecule has 0 unspecified atom stereocenters. The number of nitrogens with two attached hydrogens (primary N) is 1. The lowest BCUT2D eigenvalue weighted by atomic mass is 9.91. The predicted octanol–water partition coefficient (Wildman–Crippen LogP) is 1.61. The maximum absolute atomic E-state index is 13.9. The molecule has 0 amide bonds. The number of anilines is 1. The summed E-state index contributed by atoms with van der Waals surface area (Å²) in [5, 5.41) is 3.41. The largest absolute Gasteiger partial charge is 0.351 e. The molecule has 3 N–H and O–H groups in total. The van der Waals surface area contributed by atoms with Crippen LogP contribution in [-0.4, -0.2) is 30.8 Å². The van der Waals surface area contributed by atoms with Crippen LogP contribution in [0.4, 0.5) is 10.3 Å². The quantitative estimate of drug-likeness (QED) is 0.676. The van der Waals surface area contributed by atoms with Gasteiger partial charge in [-0.1, -0.05) is 18.9 Å². The van der Waals surface area contributed by atoms with E-state index in [0.29, 0.717) is 17.1 Å². The van der Waals surface area contributed by atoms with E-state index >= 15 is 0 Å². The van der Waals surface area contributed by atoms with E-state index in [2.05, 4.69) is 10.3 Å². The van der Waals surface area contributed by atoms with E-state index < -0.39 is 11.2 Å². The van der Waals surface area contributed by atoms with Gasteiger partial charge in [0.25, 0.3) is 5.56 Å². The molecule has 8 nitrogen and oxygen atoms in total. The molecule has 30 heavy (non-hydrogen) atoms. The average Bonchev–Trinajstić information content (AvgIpc) is 3.07. The Hall–Kier alpha value is -2.94. The molecule has 1 aliphatic rings. The lowest BCUT2D eigenvalue weighted by molar-refractivity contribution is 0.401. The van der Waals surface area contributed by atoms with Crippen LogP contribution in [0, 0.1) is 12.7 Å². The number of hydrogen-bond donors (Lipinski definition) is 2. The highest BCUT2D eigenvalue weighted by atomic mass is 19.1. The zero-order chi connectivity index (χ0) is 21.6. The van der Waals surface area contributed by atoms with Crippen LogP contribution in [0.15, 0.2) is 27.8 Å². The Balaban J connectivity index is 1.91. The molecule has 0 saturated heterocycles. The van der Waals surface area contributed by atoms with Gasteiger partial charge in [-0.05, 0) is 43.0 Å². The summed E-state index contributed by atoms with van der Waals surface area (Å²) in [7, 11) is 3.03.